The minimum atomic E-state index is -0.134. The lowest BCUT2D eigenvalue weighted by Gasteiger charge is -2.37. The predicted octanol–water partition coefficient (Wildman–Crippen LogP) is 3.83. The lowest BCUT2D eigenvalue weighted by molar-refractivity contribution is 0.171. The largest absolute Gasteiger partial charge is 0.486 e. The summed E-state index contributed by atoms with van der Waals surface area (Å²) in [5.41, 5.74) is 3.09. The minimum Gasteiger partial charge on any atom is -0.486 e. The molecule has 2 aliphatic heterocycles. The van der Waals surface area contributed by atoms with Gasteiger partial charge in [0.1, 0.15) is 19.0 Å². The van der Waals surface area contributed by atoms with Crippen LogP contribution in [0.25, 0.3) is 10.9 Å². The van der Waals surface area contributed by atoms with Gasteiger partial charge in [0, 0.05) is 43.3 Å². The van der Waals surface area contributed by atoms with Crippen molar-refractivity contribution in [3.8, 4) is 11.5 Å². The summed E-state index contributed by atoms with van der Waals surface area (Å²) in [4.78, 5) is 8.07. The topological polar surface area (TPSA) is 40.7 Å². The molecule has 0 unspecified atom stereocenters. The Kier molecular flexibility index (Phi) is 5.02. The molecule has 1 saturated heterocycles. The molecule has 1 N–H and O–H groups in total. The second-order valence-corrected chi connectivity index (χ2v) is 7.71. The number of halogens is 1. The monoisotopic (exact) mass is 395 g/mol. The Morgan fingerprint density at radius 3 is 2.69 bits per heavy atom. The predicted molar refractivity (Wildman–Crippen MR) is 113 cm³/mol. The Hall–Kier alpha value is -2.73. The average molecular weight is 395 g/mol. The van der Waals surface area contributed by atoms with E-state index in [-0.39, 0.29) is 5.82 Å². The van der Waals surface area contributed by atoms with Gasteiger partial charge >= 0.3 is 0 Å². The molecule has 0 radical (unpaired) electrons. The third kappa shape index (κ3) is 3.65. The number of nitrogens with one attached hydrogen (secondary N) is 1. The van der Waals surface area contributed by atoms with Crippen LogP contribution in [0.3, 0.4) is 0 Å². The van der Waals surface area contributed by atoms with Crippen molar-refractivity contribution in [2.75, 3.05) is 50.8 Å². The van der Waals surface area contributed by atoms with Crippen LogP contribution < -0.4 is 14.4 Å². The second-order valence-electron chi connectivity index (χ2n) is 7.71. The fourth-order valence-electron chi connectivity index (χ4n) is 4.42. The summed E-state index contributed by atoms with van der Waals surface area (Å²) in [6.07, 6.45) is 3.86. The zero-order valence-corrected chi connectivity index (χ0v) is 16.5. The van der Waals surface area contributed by atoms with E-state index in [1.807, 2.05) is 24.4 Å². The number of aromatic nitrogens is 1. The first-order valence-electron chi connectivity index (χ1n) is 10.4. The Labute approximate surface area is 170 Å². The molecule has 152 valence electrons. The van der Waals surface area contributed by atoms with E-state index in [0.29, 0.717) is 13.2 Å². The molecule has 0 saturated carbocycles. The molecule has 3 aromatic rings. The molecular weight excluding hydrogens is 369 g/mol. The zero-order chi connectivity index (χ0) is 19.6. The van der Waals surface area contributed by atoms with Crippen LogP contribution in [0.5, 0.6) is 11.5 Å². The number of hydrogen-bond acceptors (Lipinski definition) is 4. The maximum atomic E-state index is 14.1. The van der Waals surface area contributed by atoms with Crippen molar-refractivity contribution in [2.24, 2.45) is 0 Å². The van der Waals surface area contributed by atoms with Gasteiger partial charge in [0.05, 0.1) is 5.69 Å². The highest BCUT2D eigenvalue weighted by molar-refractivity contribution is 5.83. The van der Waals surface area contributed by atoms with E-state index >= 15 is 0 Å². The van der Waals surface area contributed by atoms with Gasteiger partial charge in [-0.1, -0.05) is 12.1 Å². The number of aryl methyl sites for hydroxylation is 1. The van der Waals surface area contributed by atoms with Gasteiger partial charge in [-0.15, -0.1) is 0 Å². The molecule has 2 aromatic carbocycles. The van der Waals surface area contributed by atoms with Crippen molar-refractivity contribution < 1.29 is 13.9 Å². The number of nitrogens with zero attached hydrogens (tertiary/aromatic N) is 2. The molecule has 1 aromatic heterocycles. The highest BCUT2D eigenvalue weighted by atomic mass is 19.1. The van der Waals surface area contributed by atoms with Crippen molar-refractivity contribution in [2.45, 2.75) is 12.8 Å². The quantitative estimate of drug-likeness (QED) is 0.713. The van der Waals surface area contributed by atoms with E-state index in [9.17, 15) is 4.39 Å². The van der Waals surface area contributed by atoms with Crippen molar-refractivity contribution in [1.82, 2.24) is 9.88 Å². The fourth-order valence-corrected chi connectivity index (χ4v) is 4.42. The lowest BCUT2D eigenvalue weighted by Crippen LogP contribution is -2.46. The van der Waals surface area contributed by atoms with E-state index in [1.165, 1.54) is 6.07 Å². The van der Waals surface area contributed by atoms with Crippen molar-refractivity contribution >= 4 is 16.6 Å². The molecule has 1 fully saturated rings. The van der Waals surface area contributed by atoms with Gasteiger partial charge < -0.3 is 19.4 Å². The van der Waals surface area contributed by atoms with Gasteiger partial charge in [0.2, 0.25) is 0 Å². The summed E-state index contributed by atoms with van der Waals surface area (Å²) in [6.45, 7) is 6.24. The highest BCUT2D eigenvalue weighted by Crippen LogP contribution is 2.39. The highest BCUT2D eigenvalue weighted by Gasteiger charge is 2.23. The van der Waals surface area contributed by atoms with Crippen LogP contribution in [0.4, 0.5) is 10.1 Å². The van der Waals surface area contributed by atoms with Crippen LogP contribution in [-0.4, -0.2) is 55.8 Å². The van der Waals surface area contributed by atoms with Gasteiger partial charge in [-0.2, -0.15) is 0 Å². The summed E-state index contributed by atoms with van der Waals surface area (Å²) in [5.74, 6) is 1.60. The van der Waals surface area contributed by atoms with Gasteiger partial charge in [0.15, 0.2) is 11.5 Å². The van der Waals surface area contributed by atoms with E-state index in [2.05, 4.69) is 20.9 Å². The number of hydrogen-bond donors (Lipinski definition) is 1. The summed E-state index contributed by atoms with van der Waals surface area (Å²) in [5, 5.41) is 0.744. The number of H-pyrrole nitrogens is 1. The first-order chi connectivity index (χ1) is 14.3. The number of anilines is 1. The lowest BCUT2D eigenvalue weighted by atomic mass is 10.1. The van der Waals surface area contributed by atoms with Gasteiger partial charge in [-0.05, 0) is 49.2 Å². The van der Waals surface area contributed by atoms with E-state index in [4.69, 9.17) is 9.47 Å². The number of para-hydroxylation sites is 1. The number of piperazine rings is 1. The molecule has 0 spiro atoms. The van der Waals surface area contributed by atoms with Crippen molar-refractivity contribution in [3.63, 3.8) is 0 Å². The molecular formula is C23H26FN3O2. The molecule has 0 amide bonds. The molecule has 5 rings (SSSR count). The normalized spacial score (nSPS) is 17.1. The number of fused-ring (bicyclic) bond motifs is 2. The van der Waals surface area contributed by atoms with E-state index < -0.39 is 0 Å². The molecule has 29 heavy (non-hydrogen) atoms. The maximum Gasteiger partial charge on any atom is 0.184 e. The molecule has 5 nitrogen and oxygen atoms in total. The summed E-state index contributed by atoms with van der Waals surface area (Å²) >= 11 is 0. The Bertz CT molecular complexity index is 995. The minimum absolute atomic E-state index is 0.134. The first-order valence-corrected chi connectivity index (χ1v) is 10.4. The van der Waals surface area contributed by atoms with E-state index in [0.717, 1.165) is 79.2 Å². The van der Waals surface area contributed by atoms with Crippen molar-refractivity contribution in [1.29, 1.82) is 0 Å². The fraction of sp³-hybridized carbons (Fsp3) is 0.391. The second kappa shape index (κ2) is 7.95. The van der Waals surface area contributed by atoms with Crippen LogP contribution in [0.2, 0.25) is 0 Å². The number of aromatic amines is 1. The molecule has 3 heterocycles. The van der Waals surface area contributed by atoms with Gasteiger partial charge in [-0.25, -0.2) is 4.39 Å². The van der Waals surface area contributed by atoms with E-state index in [1.54, 1.807) is 6.07 Å². The van der Waals surface area contributed by atoms with Crippen molar-refractivity contribution in [3.05, 3.63) is 54.0 Å². The number of rotatable bonds is 5. The average Bonchev–Trinajstić information content (AvgIpc) is 3.18. The molecule has 0 atom stereocenters. The SMILES string of the molecule is Fc1cccc2[nH]cc(CCCN3CCN(c4cccc5c4OCCO5)CC3)c12. The van der Waals surface area contributed by atoms with Crippen LogP contribution in [0, 0.1) is 5.82 Å². The summed E-state index contributed by atoms with van der Waals surface area (Å²) in [7, 11) is 0. The summed E-state index contributed by atoms with van der Waals surface area (Å²) < 4.78 is 25.7. The number of ether oxygens (including phenoxy) is 2. The maximum absolute atomic E-state index is 14.1. The molecule has 2 aliphatic rings. The van der Waals surface area contributed by atoms with Crippen LogP contribution in [0.1, 0.15) is 12.0 Å². The van der Waals surface area contributed by atoms with Crippen LogP contribution >= 0.6 is 0 Å². The van der Waals surface area contributed by atoms with Crippen LogP contribution in [0.15, 0.2) is 42.6 Å². The Balaban J connectivity index is 1.16. The smallest absolute Gasteiger partial charge is 0.184 e. The molecule has 6 heteroatoms. The Morgan fingerprint density at radius 2 is 1.79 bits per heavy atom. The van der Waals surface area contributed by atoms with Gasteiger partial charge in [-0.3, -0.25) is 4.90 Å². The first kappa shape index (κ1) is 18.3. The third-order valence-corrected chi connectivity index (χ3v) is 5.92. The molecule has 0 bridgehead atoms. The Morgan fingerprint density at radius 1 is 0.966 bits per heavy atom. The third-order valence-electron chi connectivity index (χ3n) is 5.92. The standard InChI is InChI=1S/C23H26FN3O2/c24-18-5-1-6-19-22(18)17(16-25-19)4-3-9-26-10-12-27(13-11-26)20-7-2-8-21-23(20)29-15-14-28-21/h1-2,5-8,16,25H,3-4,9-15H2. The molecule has 0 aliphatic carbocycles. The zero-order valence-electron chi connectivity index (χ0n) is 16.5. The van der Waals surface area contributed by atoms with Crippen LogP contribution in [-0.2, 0) is 6.42 Å². The number of benzene rings is 2. The van der Waals surface area contributed by atoms with Gasteiger partial charge in [0.25, 0.3) is 0 Å². The summed E-state index contributed by atoms with van der Waals surface area (Å²) in [6, 6.07) is 11.3.